The van der Waals surface area contributed by atoms with Gasteiger partial charge >= 0.3 is 0 Å². The highest BCUT2D eigenvalue weighted by molar-refractivity contribution is 5.98. The first-order chi connectivity index (χ1) is 9.49. The summed E-state index contributed by atoms with van der Waals surface area (Å²) in [6.45, 7) is 1.79. The van der Waals surface area contributed by atoms with Gasteiger partial charge in [-0.15, -0.1) is 0 Å². The summed E-state index contributed by atoms with van der Waals surface area (Å²) in [5.41, 5.74) is 11.7. The number of pyridine rings is 1. The lowest BCUT2D eigenvalue weighted by molar-refractivity contribution is 0.100. The molecule has 0 radical (unpaired) electrons. The van der Waals surface area contributed by atoms with Crippen molar-refractivity contribution < 1.29 is 9.18 Å². The van der Waals surface area contributed by atoms with Gasteiger partial charge in [-0.3, -0.25) is 4.79 Å². The lowest BCUT2D eigenvalue weighted by Crippen LogP contribution is -2.16. The Morgan fingerprint density at radius 1 is 1.40 bits per heavy atom. The zero-order chi connectivity index (χ0) is 14.7. The molecule has 1 unspecified atom stereocenters. The molecule has 0 aliphatic carbocycles. The van der Waals surface area contributed by atoms with Crippen LogP contribution in [0.5, 0.6) is 0 Å². The molecule has 1 atom stereocenters. The van der Waals surface area contributed by atoms with Crippen LogP contribution in [0.1, 0.15) is 28.9 Å². The Bertz CT molecular complexity index is 645. The Hall–Kier alpha value is -2.63. The molecule has 5 nitrogen and oxygen atoms in total. The number of hydrogen-bond acceptors (Lipinski definition) is 4. The lowest BCUT2D eigenvalue weighted by Gasteiger charge is -2.16. The second-order valence-corrected chi connectivity index (χ2v) is 4.41. The number of hydrogen-bond donors (Lipinski definition) is 3. The number of nitrogens with two attached hydrogens (primary N) is 2. The van der Waals surface area contributed by atoms with Crippen LogP contribution in [0.2, 0.25) is 0 Å². The molecule has 1 amide bonds. The molecule has 0 spiro atoms. The topological polar surface area (TPSA) is 94.0 Å². The van der Waals surface area contributed by atoms with E-state index >= 15 is 0 Å². The minimum Gasteiger partial charge on any atom is -0.397 e. The second-order valence-electron chi connectivity index (χ2n) is 4.41. The SMILES string of the molecule is CC(Nc1cc(C(N)=O)c(N)cn1)c1ccccc1F. The Kier molecular flexibility index (Phi) is 3.84. The summed E-state index contributed by atoms with van der Waals surface area (Å²) in [6.07, 6.45) is 1.34. The van der Waals surface area contributed by atoms with Crippen molar-refractivity contribution in [2.75, 3.05) is 11.1 Å². The van der Waals surface area contributed by atoms with Crippen LogP contribution in [0.3, 0.4) is 0 Å². The quantitative estimate of drug-likeness (QED) is 0.795. The van der Waals surface area contributed by atoms with E-state index in [0.717, 1.165) is 0 Å². The monoisotopic (exact) mass is 274 g/mol. The highest BCUT2D eigenvalue weighted by Crippen LogP contribution is 2.22. The number of nitrogens with zero attached hydrogens (tertiary/aromatic N) is 1. The van der Waals surface area contributed by atoms with E-state index in [1.165, 1.54) is 18.3 Å². The average Bonchev–Trinajstić information content (AvgIpc) is 2.41. The van der Waals surface area contributed by atoms with Gasteiger partial charge in [0.25, 0.3) is 5.91 Å². The Labute approximate surface area is 115 Å². The number of carbonyl (C=O) groups excluding carboxylic acids is 1. The van der Waals surface area contributed by atoms with Gasteiger partial charge in [-0.1, -0.05) is 18.2 Å². The van der Waals surface area contributed by atoms with Gasteiger partial charge in [-0.05, 0) is 19.1 Å². The number of halogens is 1. The largest absolute Gasteiger partial charge is 0.397 e. The van der Waals surface area contributed by atoms with Gasteiger partial charge in [0.15, 0.2) is 0 Å². The molecule has 5 N–H and O–H groups in total. The second kappa shape index (κ2) is 5.56. The molecule has 1 aromatic heterocycles. The fourth-order valence-electron chi connectivity index (χ4n) is 1.88. The minimum atomic E-state index is -0.633. The highest BCUT2D eigenvalue weighted by Gasteiger charge is 2.13. The maximum absolute atomic E-state index is 13.7. The molecule has 2 aromatic rings. The molecular formula is C14H15FN4O. The van der Waals surface area contributed by atoms with E-state index in [-0.39, 0.29) is 23.1 Å². The van der Waals surface area contributed by atoms with Crippen molar-refractivity contribution >= 4 is 17.4 Å². The molecule has 0 aliphatic rings. The molecule has 0 bridgehead atoms. The third-order valence-electron chi connectivity index (χ3n) is 2.94. The van der Waals surface area contributed by atoms with Crippen LogP contribution < -0.4 is 16.8 Å². The molecule has 2 rings (SSSR count). The van der Waals surface area contributed by atoms with Gasteiger partial charge in [-0.2, -0.15) is 0 Å². The van der Waals surface area contributed by atoms with Gasteiger partial charge in [0.1, 0.15) is 11.6 Å². The van der Waals surface area contributed by atoms with E-state index in [0.29, 0.717) is 11.4 Å². The predicted molar refractivity (Wildman–Crippen MR) is 75.6 cm³/mol. The molecule has 0 fully saturated rings. The van der Waals surface area contributed by atoms with Gasteiger partial charge < -0.3 is 16.8 Å². The maximum atomic E-state index is 13.7. The van der Waals surface area contributed by atoms with Crippen LogP contribution in [-0.4, -0.2) is 10.9 Å². The van der Waals surface area contributed by atoms with Gasteiger partial charge in [0, 0.05) is 5.56 Å². The Morgan fingerprint density at radius 2 is 2.10 bits per heavy atom. The van der Waals surface area contributed by atoms with E-state index in [2.05, 4.69) is 10.3 Å². The standard InChI is InChI=1S/C14H15FN4O/c1-8(9-4-2-3-5-11(9)15)19-13-6-10(14(17)20)12(16)7-18-13/h2-8H,16H2,1H3,(H2,17,20)(H,18,19). The molecule has 104 valence electrons. The first-order valence-corrected chi connectivity index (χ1v) is 6.05. The van der Waals surface area contributed by atoms with Gasteiger partial charge in [0.05, 0.1) is 23.5 Å². The summed E-state index contributed by atoms with van der Waals surface area (Å²) in [7, 11) is 0. The molecular weight excluding hydrogens is 259 g/mol. The van der Waals surface area contributed by atoms with Gasteiger partial charge in [0.2, 0.25) is 0 Å². The van der Waals surface area contributed by atoms with Crippen LogP contribution in [-0.2, 0) is 0 Å². The normalized spacial score (nSPS) is 11.9. The first kappa shape index (κ1) is 13.8. The number of anilines is 2. The van der Waals surface area contributed by atoms with E-state index in [1.54, 1.807) is 25.1 Å². The molecule has 1 aromatic carbocycles. The number of benzene rings is 1. The summed E-state index contributed by atoms with van der Waals surface area (Å²) < 4.78 is 13.7. The van der Waals surface area contributed by atoms with Crippen molar-refractivity contribution in [2.45, 2.75) is 13.0 Å². The number of carbonyl (C=O) groups is 1. The zero-order valence-corrected chi connectivity index (χ0v) is 10.9. The Morgan fingerprint density at radius 3 is 2.75 bits per heavy atom. The summed E-state index contributed by atoms with van der Waals surface area (Å²) in [5, 5.41) is 3.01. The van der Waals surface area contributed by atoms with Crippen molar-refractivity contribution in [3.05, 3.63) is 53.5 Å². The number of amides is 1. The highest BCUT2D eigenvalue weighted by atomic mass is 19.1. The van der Waals surface area contributed by atoms with E-state index < -0.39 is 5.91 Å². The van der Waals surface area contributed by atoms with Crippen LogP contribution in [0, 0.1) is 5.82 Å². The smallest absolute Gasteiger partial charge is 0.250 e. The lowest BCUT2D eigenvalue weighted by atomic mass is 10.1. The van der Waals surface area contributed by atoms with Crippen molar-refractivity contribution in [3.63, 3.8) is 0 Å². The van der Waals surface area contributed by atoms with E-state index in [1.807, 2.05) is 0 Å². The number of nitrogens with one attached hydrogen (secondary N) is 1. The van der Waals surface area contributed by atoms with E-state index in [4.69, 9.17) is 11.5 Å². The van der Waals surface area contributed by atoms with Crippen molar-refractivity contribution in [2.24, 2.45) is 5.73 Å². The summed E-state index contributed by atoms with van der Waals surface area (Å²) in [4.78, 5) is 15.3. The molecule has 0 saturated heterocycles. The minimum absolute atomic E-state index is 0.184. The fraction of sp³-hybridized carbons (Fsp3) is 0.143. The average molecular weight is 274 g/mol. The Balaban J connectivity index is 2.24. The molecule has 0 saturated carbocycles. The molecule has 20 heavy (non-hydrogen) atoms. The van der Waals surface area contributed by atoms with Crippen LogP contribution in [0.4, 0.5) is 15.9 Å². The number of nitrogen functional groups attached to an aromatic ring is 1. The maximum Gasteiger partial charge on any atom is 0.250 e. The van der Waals surface area contributed by atoms with Crippen LogP contribution in [0.25, 0.3) is 0 Å². The summed E-state index contributed by atoms with van der Waals surface area (Å²) >= 11 is 0. The number of aromatic nitrogens is 1. The molecule has 0 aliphatic heterocycles. The van der Waals surface area contributed by atoms with Crippen molar-refractivity contribution in [1.82, 2.24) is 4.98 Å². The van der Waals surface area contributed by atoms with Crippen molar-refractivity contribution in [3.8, 4) is 0 Å². The first-order valence-electron chi connectivity index (χ1n) is 6.05. The van der Waals surface area contributed by atoms with Gasteiger partial charge in [-0.25, -0.2) is 9.37 Å². The van der Waals surface area contributed by atoms with Crippen LogP contribution in [0.15, 0.2) is 36.5 Å². The summed E-state index contributed by atoms with van der Waals surface area (Å²) in [6, 6.07) is 7.58. The fourth-order valence-corrected chi connectivity index (χ4v) is 1.88. The van der Waals surface area contributed by atoms with Crippen LogP contribution >= 0.6 is 0 Å². The predicted octanol–water partition coefficient (Wildman–Crippen LogP) is 2.07. The number of primary amides is 1. The molecule has 6 heteroatoms. The zero-order valence-electron chi connectivity index (χ0n) is 10.9. The third-order valence-corrected chi connectivity index (χ3v) is 2.94. The van der Waals surface area contributed by atoms with Crippen molar-refractivity contribution in [1.29, 1.82) is 0 Å². The third kappa shape index (κ3) is 2.85. The number of rotatable bonds is 4. The van der Waals surface area contributed by atoms with E-state index in [9.17, 15) is 9.18 Å². The molecule has 1 heterocycles. The summed E-state index contributed by atoms with van der Waals surface area (Å²) in [5.74, 6) is -0.534.